The first kappa shape index (κ1) is 31.3. The molecular weight excluding hydrogens is 594 g/mol. The second kappa shape index (κ2) is 13.7. The largest absolute Gasteiger partial charge is 0.473 e. The van der Waals surface area contributed by atoms with Gasteiger partial charge in [0.2, 0.25) is 11.8 Å². The predicted octanol–water partition coefficient (Wildman–Crippen LogP) is 6.00. The Balaban J connectivity index is 1.37. The van der Waals surface area contributed by atoms with Crippen LogP contribution in [-0.4, -0.2) is 47.7 Å². The summed E-state index contributed by atoms with van der Waals surface area (Å²) >= 11 is 0. The Morgan fingerprint density at radius 2 is 1.43 bits per heavy atom. The highest BCUT2D eigenvalue weighted by Gasteiger charge is 2.31. The first-order chi connectivity index (χ1) is 22.4. The normalized spacial score (nSPS) is 13.9. The van der Waals surface area contributed by atoms with Gasteiger partial charge in [0.05, 0.1) is 5.69 Å². The molecule has 3 aromatic carbocycles. The molecule has 1 saturated heterocycles. The number of aryl methyl sites for hydroxylation is 1. The van der Waals surface area contributed by atoms with Crippen LogP contribution < -0.4 is 20.1 Å². The number of imidazole rings is 1. The fourth-order valence-electron chi connectivity index (χ4n) is 6.03. The van der Waals surface area contributed by atoms with Gasteiger partial charge in [-0.25, -0.2) is 13.6 Å². The van der Waals surface area contributed by atoms with E-state index in [-0.39, 0.29) is 59.6 Å². The molecule has 1 aliphatic heterocycles. The summed E-state index contributed by atoms with van der Waals surface area (Å²) in [6.07, 6.45) is 0.999. The molecule has 3 heterocycles. The van der Waals surface area contributed by atoms with Crippen molar-refractivity contribution in [3.8, 4) is 17.4 Å². The molecule has 0 atom stereocenters. The number of anilines is 1. The summed E-state index contributed by atoms with van der Waals surface area (Å²) in [5, 5.41) is 0. The molecule has 0 radical (unpaired) electrons. The number of pyridine rings is 1. The Morgan fingerprint density at radius 1 is 0.826 bits per heavy atom. The summed E-state index contributed by atoms with van der Waals surface area (Å²) in [5.41, 5.74) is 1.08. The zero-order valence-electron chi connectivity index (χ0n) is 26.0. The molecular formula is C35H36F2N4O5. The van der Waals surface area contributed by atoms with E-state index in [0.29, 0.717) is 25.9 Å². The minimum Gasteiger partial charge on any atom is -0.473 e. The number of ether oxygens (including phenoxy) is 4. The molecule has 2 aromatic heterocycles. The van der Waals surface area contributed by atoms with Gasteiger partial charge < -0.3 is 23.8 Å². The third-order valence-corrected chi connectivity index (χ3v) is 8.42. The highest BCUT2D eigenvalue weighted by Crippen LogP contribution is 2.35. The van der Waals surface area contributed by atoms with Crippen LogP contribution in [0.25, 0.3) is 16.7 Å². The summed E-state index contributed by atoms with van der Waals surface area (Å²) in [6.45, 7) is 1.36. The van der Waals surface area contributed by atoms with Crippen molar-refractivity contribution in [3.05, 3.63) is 112 Å². The van der Waals surface area contributed by atoms with Crippen molar-refractivity contribution in [2.24, 2.45) is 13.0 Å². The number of rotatable bonds is 11. The van der Waals surface area contributed by atoms with Crippen LogP contribution in [0, 0.1) is 17.6 Å². The number of hydrogen-bond acceptors (Lipinski definition) is 7. The number of hydrogen-bond donors (Lipinski definition) is 0. The maximum absolute atomic E-state index is 16.3. The number of nitrogens with zero attached hydrogens (tertiary/aromatic N) is 4. The molecule has 11 heteroatoms. The zero-order chi connectivity index (χ0) is 32.2. The molecule has 0 unspecified atom stereocenters. The summed E-state index contributed by atoms with van der Waals surface area (Å²) in [4.78, 5) is 20.1. The smallest absolute Gasteiger partial charge is 0.333 e. The van der Waals surface area contributed by atoms with E-state index in [4.69, 9.17) is 18.9 Å². The van der Waals surface area contributed by atoms with E-state index in [1.807, 2.05) is 60.7 Å². The second-order valence-corrected chi connectivity index (χ2v) is 11.3. The first-order valence-corrected chi connectivity index (χ1v) is 15.1. The Labute approximate surface area is 265 Å². The Kier molecular flexibility index (Phi) is 9.32. The maximum atomic E-state index is 16.3. The lowest BCUT2D eigenvalue weighted by Gasteiger charge is -2.36. The number of aromatic nitrogens is 3. The molecule has 1 fully saturated rings. The minimum atomic E-state index is -0.740. The van der Waals surface area contributed by atoms with Gasteiger partial charge in [-0.1, -0.05) is 60.7 Å². The quantitative estimate of drug-likeness (QED) is 0.166. The van der Waals surface area contributed by atoms with Crippen molar-refractivity contribution in [1.29, 1.82) is 0 Å². The van der Waals surface area contributed by atoms with Gasteiger partial charge in [0, 0.05) is 52.4 Å². The van der Waals surface area contributed by atoms with Gasteiger partial charge in [0.1, 0.15) is 29.9 Å². The van der Waals surface area contributed by atoms with Crippen LogP contribution in [0.15, 0.2) is 83.7 Å². The number of piperidine rings is 1. The molecule has 0 saturated carbocycles. The van der Waals surface area contributed by atoms with Crippen molar-refractivity contribution < 1.29 is 27.7 Å². The Bertz CT molecular complexity index is 1850. The van der Waals surface area contributed by atoms with E-state index in [2.05, 4.69) is 4.98 Å². The highest BCUT2D eigenvalue weighted by molar-refractivity contribution is 5.84. The Hall–Kier alpha value is -4.74. The van der Waals surface area contributed by atoms with Gasteiger partial charge in [-0.3, -0.25) is 9.13 Å². The summed E-state index contributed by atoms with van der Waals surface area (Å²) in [6, 6.07) is 23.4. The lowest BCUT2D eigenvalue weighted by molar-refractivity contribution is -0.141. The van der Waals surface area contributed by atoms with E-state index in [1.165, 1.54) is 7.05 Å². The molecule has 9 nitrogen and oxygen atoms in total. The average molecular weight is 631 g/mol. The molecule has 46 heavy (non-hydrogen) atoms. The monoisotopic (exact) mass is 630 g/mol. The van der Waals surface area contributed by atoms with E-state index >= 15 is 8.78 Å². The van der Waals surface area contributed by atoms with E-state index < -0.39 is 17.3 Å². The standard InChI is InChI=1S/C35H36F2N4O5/c1-39-32-30(37)28(40-18-16-25(17-19-40)34(43-2)44-3)20-26(36)31(32)41(35(39)42)27-14-15-29(45-21-23-10-6-4-7-11-23)38-33(27)46-22-24-12-8-5-9-13-24/h4-15,20,25,34H,16-19,21-22H2,1-3H3. The van der Waals surface area contributed by atoms with Crippen molar-refractivity contribution in [1.82, 2.24) is 14.1 Å². The second-order valence-electron chi connectivity index (χ2n) is 11.3. The third-order valence-electron chi connectivity index (χ3n) is 8.42. The Morgan fingerprint density at radius 3 is 2.04 bits per heavy atom. The molecule has 0 N–H and O–H groups in total. The van der Waals surface area contributed by atoms with Crippen LogP contribution in [0.5, 0.6) is 11.8 Å². The molecule has 0 spiro atoms. The number of halogens is 2. The fraction of sp³-hybridized carbons (Fsp3) is 0.314. The van der Waals surface area contributed by atoms with Gasteiger partial charge >= 0.3 is 5.69 Å². The van der Waals surface area contributed by atoms with E-state index in [1.54, 1.807) is 31.3 Å². The van der Waals surface area contributed by atoms with Crippen molar-refractivity contribution in [3.63, 3.8) is 0 Å². The van der Waals surface area contributed by atoms with Gasteiger partial charge in [0.15, 0.2) is 17.9 Å². The lowest BCUT2D eigenvalue weighted by Crippen LogP contribution is -2.39. The van der Waals surface area contributed by atoms with Crippen LogP contribution >= 0.6 is 0 Å². The molecule has 6 rings (SSSR count). The number of fused-ring (bicyclic) bond motifs is 1. The first-order valence-electron chi connectivity index (χ1n) is 15.1. The number of methoxy groups -OCH3 is 2. The van der Waals surface area contributed by atoms with Crippen molar-refractivity contribution >= 4 is 16.7 Å². The van der Waals surface area contributed by atoms with Crippen LogP contribution in [0.4, 0.5) is 14.5 Å². The van der Waals surface area contributed by atoms with Crippen LogP contribution in [-0.2, 0) is 29.7 Å². The number of benzene rings is 3. The van der Waals surface area contributed by atoms with Crippen LogP contribution in [0.1, 0.15) is 24.0 Å². The zero-order valence-corrected chi connectivity index (χ0v) is 26.0. The fourth-order valence-corrected chi connectivity index (χ4v) is 6.03. The molecule has 0 bridgehead atoms. The summed E-state index contributed by atoms with van der Waals surface area (Å²) in [7, 11) is 4.61. The van der Waals surface area contributed by atoms with Gasteiger partial charge in [-0.15, -0.1) is 0 Å². The average Bonchev–Trinajstić information content (AvgIpc) is 3.36. The van der Waals surface area contributed by atoms with E-state index in [0.717, 1.165) is 26.3 Å². The van der Waals surface area contributed by atoms with Crippen molar-refractivity contribution in [2.75, 3.05) is 32.2 Å². The van der Waals surface area contributed by atoms with Gasteiger partial charge in [-0.2, -0.15) is 4.98 Å². The van der Waals surface area contributed by atoms with Gasteiger partial charge in [0.25, 0.3) is 0 Å². The molecule has 1 aliphatic rings. The summed E-state index contributed by atoms with van der Waals surface area (Å²) < 4.78 is 57.5. The van der Waals surface area contributed by atoms with E-state index in [9.17, 15) is 4.79 Å². The van der Waals surface area contributed by atoms with Gasteiger partial charge in [-0.05, 0) is 30.0 Å². The predicted molar refractivity (Wildman–Crippen MR) is 171 cm³/mol. The third kappa shape index (κ3) is 6.20. The highest BCUT2D eigenvalue weighted by atomic mass is 19.1. The van der Waals surface area contributed by atoms with Crippen LogP contribution in [0.2, 0.25) is 0 Å². The summed E-state index contributed by atoms with van der Waals surface area (Å²) in [5.74, 6) is -0.983. The molecule has 0 amide bonds. The lowest BCUT2D eigenvalue weighted by atomic mass is 9.95. The topological polar surface area (TPSA) is 80.0 Å². The maximum Gasteiger partial charge on any atom is 0.333 e. The SMILES string of the molecule is COC(OC)C1CCN(c2cc(F)c3c(c2F)n(C)c(=O)n3-c2ccc(OCc3ccccc3)nc2OCc2ccccc2)CC1. The molecule has 5 aromatic rings. The van der Waals surface area contributed by atoms with Crippen LogP contribution in [0.3, 0.4) is 0 Å². The minimum absolute atomic E-state index is 0.0424. The molecule has 240 valence electrons. The van der Waals surface area contributed by atoms with Crippen molar-refractivity contribution in [2.45, 2.75) is 32.3 Å². The molecule has 0 aliphatic carbocycles.